The van der Waals surface area contributed by atoms with Gasteiger partial charge in [0, 0.05) is 43.8 Å². The van der Waals surface area contributed by atoms with Crippen LogP contribution in [0.5, 0.6) is 0 Å². The van der Waals surface area contributed by atoms with Crippen LogP contribution >= 0.6 is 0 Å². The van der Waals surface area contributed by atoms with E-state index in [0.717, 1.165) is 35.1 Å². The number of fused-ring (bicyclic) bond motifs is 1. The first-order valence-electron chi connectivity index (χ1n) is 9.19. The molecule has 1 unspecified atom stereocenters. The molecule has 0 amide bonds. The lowest BCUT2D eigenvalue weighted by Crippen LogP contribution is -2.43. The van der Waals surface area contributed by atoms with Gasteiger partial charge in [0.2, 0.25) is 0 Å². The number of alkyl halides is 2. The van der Waals surface area contributed by atoms with Crippen LogP contribution in [0.1, 0.15) is 54.1 Å². The second kappa shape index (κ2) is 7.80. The summed E-state index contributed by atoms with van der Waals surface area (Å²) in [6.07, 6.45) is 6.97. The Morgan fingerprint density at radius 2 is 2.00 bits per heavy atom. The van der Waals surface area contributed by atoms with Gasteiger partial charge in [-0.05, 0) is 59.7 Å². The fourth-order valence-corrected chi connectivity index (χ4v) is 3.85. The van der Waals surface area contributed by atoms with E-state index in [-0.39, 0.29) is 11.7 Å². The molecular formula is C20H22F2N4O. The number of hydrogen-bond donors (Lipinski definition) is 2. The molecule has 4 rings (SSSR count). The zero-order valence-electron chi connectivity index (χ0n) is 14.9. The third-order valence-electron chi connectivity index (χ3n) is 5.30. The zero-order valence-corrected chi connectivity index (χ0v) is 14.9. The van der Waals surface area contributed by atoms with Crippen LogP contribution in [-0.2, 0) is 0 Å². The Balaban J connectivity index is 1.61. The van der Waals surface area contributed by atoms with Crippen molar-refractivity contribution in [2.24, 2.45) is 0 Å². The van der Waals surface area contributed by atoms with Crippen molar-refractivity contribution in [2.75, 3.05) is 13.1 Å². The van der Waals surface area contributed by atoms with E-state index in [0.29, 0.717) is 25.6 Å². The normalized spacial score (nSPS) is 21.2. The first-order chi connectivity index (χ1) is 13.1. The molecule has 0 bridgehead atoms. The Labute approximate surface area is 156 Å². The van der Waals surface area contributed by atoms with Crippen LogP contribution in [-0.4, -0.2) is 39.4 Å². The van der Waals surface area contributed by atoms with Gasteiger partial charge >= 0.3 is 0 Å². The molecule has 142 valence electrons. The summed E-state index contributed by atoms with van der Waals surface area (Å²) in [4.78, 5) is 8.03. The summed E-state index contributed by atoms with van der Waals surface area (Å²) in [5, 5.41) is 14.6. The topological polar surface area (TPSA) is 61.3 Å². The van der Waals surface area contributed by atoms with E-state index in [2.05, 4.69) is 21.4 Å². The lowest BCUT2D eigenvalue weighted by Gasteiger charge is -2.34. The first-order valence-corrected chi connectivity index (χ1v) is 9.19. The van der Waals surface area contributed by atoms with Gasteiger partial charge in [-0.3, -0.25) is 9.97 Å². The molecule has 27 heavy (non-hydrogen) atoms. The largest absolute Gasteiger partial charge is 0.314 e. The van der Waals surface area contributed by atoms with Gasteiger partial charge in [0.1, 0.15) is 5.69 Å². The third-order valence-corrected chi connectivity index (χ3v) is 5.30. The number of piperidine rings is 1. The lowest BCUT2D eigenvalue weighted by molar-refractivity contribution is -0.108. The number of hydrogen-bond acceptors (Lipinski definition) is 5. The summed E-state index contributed by atoms with van der Waals surface area (Å²) in [5.74, 6) is 0. The van der Waals surface area contributed by atoms with Crippen molar-refractivity contribution < 1.29 is 14.0 Å². The quantitative estimate of drug-likeness (QED) is 0.854. The van der Waals surface area contributed by atoms with Gasteiger partial charge in [0.25, 0.3) is 6.43 Å². The highest BCUT2D eigenvalue weighted by molar-refractivity contribution is 5.84. The molecule has 0 spiro atoms. The number of rotatable bonds is 4. The Hall–Kier alpha value is -2.22. The monoisotopic (exact) mass is 372 g/mol. The highest BCUT2D eigenvalue weighted by Crippen LogP contribution is 2.37. The summed E-state index contributed by atoms with van der Waals surface area (Å²) >= 11 is 0. The van der Waals surface area contributed by atoms with Gasteiger partial charge in [-0.15, -0.1) is 0 Å². The predicted molar refractivity (Wildman–Crippen MR) is 98.2 cm³/mol. The van der Waals surface area contributed by atoms with E-state index in [4.69, 9.17) is 0 Å². The molecule has 7 heteroatoms. The Morgan fingerprint density at radius 1 is 1.19 bits per heavy atom. The number of hydroxylamine groups is 2. The Morgan fingerprint density at radius 3 is 2.78 bits per heavy atom. The summed E-state index contributed by atoms with van der Waals surface area (Å²) in [6.45, 7) is 1.30. The number of pyridine rings is 2. The van der Waals surface area contributed by atoms with Gasteiger partial charge < -0.3 is 10.5 Å². The second-order valence-corrected chi connectivity index (χ2v) is 7.10. The second-order valence-electron chi connectivity index (χ2n) is 7.10. The molecule has 0 radical (unpaired) electrons. The molecule has 0 saturated carbocycles. The van der Waals surface area contributed by atoms with Crippen LogP contribution in [0.25, 0.3) is 11.6 Å². The predicted octanol–water partition coefficient (Wildman–Crippen LogP) is 3.84. The van der Waals surface area contributed by atoms with Crippen molar-refractivity contribution >= 4 is 11.6 Å². The molecule has 2 aromatic heterocycles. The van der Waals surface area contributed by atoms with E-state index in [1.54, 1.807) is 12.3 Å². The average Bonchev–Trinajstić information content (AvgIpc) is 2.69. The van der Waals surface area contributed by atoms with Crippen LogP contribution < -0.4 is 5.32 Å². The van der Waals surface area contributed by atoms with Crippen molar-refractivity contribution in [1.82, 2.24) is 20.3 Å². The van der Waals surface area contributed by atoms with Crippen LogP contribution in [0.15, 0.2) is 36.8 Å². The minimum absolute atomic E-state index is 0.0621. The molecule has 1 atom stereocenters. The van der Waals surface area contributed by atoms with Gasteiger partial charge in [-0.25, -0.2) is 8.78 Å². The van der Waals surface area contributed by atoms with Crippen molar-refractivity contribution in [3.63, 3.8) is 0 Å². The molecule has 1 aliphatic carbocycles. The van der Waals surface area contributed by atoms with E-state index in [1.807, 2.05) is 12.3 Å². The zero-order chi connectivity index (χ0) is 18.8. The Kier molecular flexibility index (Phi) is 5.24. The van der Waals surface area contributed by atoms with E-state index < -0.39 is 6.43 Å². The van der Waals surface area contributed by atoms with Gasteiger partial charge in [0.15, 0.2) is 0 Å². The smallest absolute Gasteiger partial charge is 0.280 e. The summed E-state index contributed by atoms with van der Waals surface area (Å²) in [7, 11) is 0. The van der Waals surface area contributed by atoms with Crippen LogP contribution in [0.2, 0.25) is 0 Å². The lowest BCUT2D eigenvalue weighted by atomic mass is 9.85. The third kappa shape index (κ3) is 4.05. The van der Waals surface area contributed by atoms with E-state index >= 15 is 0 Å². The molecule has 0 aromatic carbocycles. The average molecular weight is 372 g/mol. The molecule has 1 aliphatic heterocycles. The number of nitrogens with one attached hydrogen (secondary N) is 1. The molecule has 1 saturated heterocycles. The summed E-state index contributed by atoms with van der Waals surface area (Å²) < 4.78 is 26.1. The highest BCUT2D eigenvalue weighted by atomic mass is 19.3. The standard InChI is InChI=1S/C20H22F2N4O/c21-20(22)19-10-13(2-6-24-19)15-9-14-1-5-23-12-17(14)18(11-15)25-16-3-7-26(27)8-4-16/h1-2,5-6,9-10,12,16,18,20,25,27H,3-4,7-8,11H2. The molecule has 3 heterocycles. The van der Waals surface area contributed by atoms with E-state index in [9.17, 15) is 14.0 Å². The van der Waals surface area contributed by atoms with Crippen molar-refractivity contribution in [3.8, 4) is 0 Å². The van der Waals surface area contributed by atoms with Gasteiger partial charge in [-0.1, -0.05) is 6.08 Å². The minimum Gasteiger partial charge on any atom is -0.314 e. The van der Waals surface area contributed by atoms with Crippen LogP contribution in [0.3, 0.4) is 0 Å². The highest BCUT2D eigenvalue weighted by Gasteiger charge is 2.27. The van der Waals surface area contributed by atoms with Gasteiger partial charge in [0.05, 0.1) is 0 Å². The number of aromatic nitrogens is 2. The Bertz CT molecular complexity index is 834. The maximum atomic E-state index is 13.0. The van der Waals surface area contributed by atoms with E-state index in [1.165, 1.54) is 17.3 Å². The fourth-order valence-electron chi connectivity index (χ4n) is 3.85. The molecular weight excluding hydrogens is 350 g/mol. The molecule has 2 aromatic rings. The van der Waals surface area contributed by atoms with Crippen molar-refractivity contribution in [3.05, 3.63) is 59.2 Å². The molecule has 2 aliphatic rings. The number of halogens is 2. The fraction of sp³-hybridized carbons (Fsp3) is 0.400. The SMILES string of the molecule is ON1CCC(NC2CC(c3ccnc(C(F)F)c3)=Cc3ccncc32)CC1. The maximum absolute atomic E-state index is 13.0. The molecule has 2 N–H and O–H groups in total. The number of nitrogens with zero attached hydrogens (tertiary/aromatic N) is 3. The molecule has 5 nitrogen and oxygen atoms in total. The summed E-state index contributed by atoms with van der Waals surface area (Å²) in [5.41, 5.74) is 3.76. The minimum atomic E-state index is -2.58. The molecule has 1 fully saturated rings. The van der Waals surface area contributed by atoms with Gasteiger partial charge in [-0.2, -0.15) is 5.06 Å². The van der Waals surface area contributed by atoms with Crippen molar-refractivity contribution in [2.45, 2.75) is 37.8 Å². The van der Waals surface area contributed by atoms with Crippen molar-refractivity contribution in [1.29, 1.82) is 0 Å². The maximum Gasteiger partial charge on any atom is 0.280 e. The summed E-state index contributed by atoms with van der Waals surface area (Å²) in [6, 6.07) is 5.58. The van der Waals surface area contributed by atoms with Crippen LogP contribution in [0, 0.1) is 0 Å². The van der Waals surface area contributed by atoms with Crippen LogP contribution in [0.4, 0.5) is 8.78 Å². The first kappa shape index (κ1) is 18.2.